The van der Waals surface area contributed by atoms with Gasteiger partial charge in [0.1, 0.15) is 12.4 Å². The van der Waals surface area contributed by atoms with Gasteiger partial charge in [0.15, 0.2) is 17.6 Å². The van der Waals surface area contributed by atoms with Crippen molar-refractivity contribution in [2.24, 2.45) is 0 Å². The summed E-state index contributed by atoms with van der Waals surface area (Å²) in [5, 5.41) is 2.83. The highest BCUT2D eigenvalue weighted by Crippen LogP contribution is 2.26. The molecular formula is C21H27NO4. The monoisotopic (exact) mass is 357 g/mol. The van der Waals surface area contributed by atoms with Crippen LogP contribution >= 0.6 is 0 Å². The average molecular weight is 357 g/mol. The summed E-state index contributed by atoms with van der Waals surface area (Å²) in [6, 6.07) is 11.5. The van der Waals surface area contributed by atoms with Gasteiger partial charge in [0, 0.05) is 0 Å². The topological polar surface area (TPSA) is 56.8 Å². The van der Waals surface area contributed by atoms with Gasteiger partial charge in [0.25, 0.3) is 5.91 Å². The molecule has 1 atom stereocenters. The van der Waals surface area contributed by atoms with Crippen LogP contribution in [0, 0.1) is 20.8 Å². The van der Waals surface area contributed by atoms with Crippen LogP contribution < -0.4 is 19.5 Å². The third kappa shape index (κ3) is 5.15. The van der Waals surface area contributed by atoms with E-state index in [0.717, 1.165) is 22.4 Å². The number of benzene rings is 2. The third-order valence-electron chi connectivity index (χ3n) is 4.16. The molecule has 2 aromatic carbocycles. The molecule has 0 radical (unpaired) electrons. The third-order valence-corrected chi connectivity index (χ3v) is 4.16. The zero-order valence-corrected chi connectivity index (χ0v) is 16.1. The Morgan fingerprint density at radius 2 is 1.77 bits per heavy atom. The Hall–Kier alpha value is -2.69. The van der Waals surface area contributed by atoms with Gasteiger partial charge < -0.3 is 19.5 Å². The first-order valence-electron chi connectivity index (χ1n) is 8.70. The van der Waals surface area contributed by atoms with Crippen LogP contribution in [0.4, 0.5) is 0 Å². The van der Waals surface area contributed by atoms with E-state index < -0.39 is 6.10 Å². The number of carbonyl (C=O) groups excluding carboxylic acids is 1. The molecule has 5 nitrogen and oxygen atoms in total. The number of aryl methyl sites for hydroxylation is 2. The van der Waals surface area contributed by atoms with Gasteiger partial charge in [-0.05, 0) is 62.6 Å². The fraction of sp³-hybridized carbons (Fsp3) is 0.381. The van der Waals surface area contributed by atoms with Crippen molar-refractivity contribution in [1.82, 2.24) is 5.32 Å². The molecule has 2 aromatic rings. The molecule has 0 aromatic heterocycles. The summed E-state index contributed by atoms with van der Waals surface area (Å²) in [7, 11) is 1.60. The molecular weight excluding hydrogens is 330 g/mol. The molecule has 0 bridgehead atoms. The van der Waals surface area contributed by atoms with Gasteiger partial charge >= 0.3 is 0 Å². The quantitative estimate of drug-likeness (QED) is 0.734. The highest BCUT2D eigenvalue weighted by molar-refractivity contribution is 5.80. The lowest BCUT2D eigenvalue weighted by Crippen LogP contribution is -2.38. The molecule has 26 heavy (non-hydrogen) atoms. The summed E-state index contributed by atoms with van der Waals surface area (Å²) in [5.74, 6) is 1.89. The molecule has 1 N–H and O–H groups in total. The SMILES string of the molecule is COc1ccccc1OCCNC(=O)C(C)Oc1cc(C)cc(C)c1C. The molecule has 1 unspecified atom stereocenters. The van der Waals surface area contributed by atoms with Crippen molar-refractivity contribution >= 4 is 5.91 Å². The standard InChI is InChI=1S/C21H27NO4/c1-14-12-15(2)16(3)20(13-14)26-17(4)21(23)22-10-11-25-19-9-7-6-8-18(19)24-5/h6-9,12-13,17H,10-11H2,1-5H3,(H,22,23). The minimum atomic E-state index is -0.582. The van der Waals surface area contributed by atoms with E-state index in [2.05, 4.69) is 11.4 Å². The Morgan fingerprint density at radius 3 is 2.46 bits per heavy atom. The smallest absolute Gasteiger partial charge is 0.260 e. The van der Waals surface area contributed by atoms with Crippen LogP contribution in [0.25, 0.3) is 0 Å². The maximum absolute atomic E-state index is 12.2. The van der Waals surface area contributed by atoms with Crippen molar-refractivity contribution in [2.75, 3.05) is 20.3 Å². The van der Waals surface area contributed by atoms with E-state index in [1.807, 2.05) is 51.1 Å². The first-order valence-corrected chi connectivity index (χ1v) is 8.70. The van der Waals surface area contributed by atoms with Crippen LogP contribution in [0.5, 0.6) is 17.2 Å². The van der Waals surface area contributed by atoms with E-state index in [9.17, 15) is 4.79 Å². The lowest BCUT2D eigenvalue weighted by atomic mass is 10.1. The van der Waals surface area contributed by atoms with Gasteiger partial charge in [-0.25, -0.2) is 0 Å². The highest BCUT2D eigenvalue weighted by atomic mass is 16.5. The van der Waals surface area contributed by atoms with Crippen molar-refractivity contribution in [1.29, 1.82) is 0 Å². The molecule has 5 heteroatoms. The van der Waals surface area contributed by atoms with Crippen LogP contribution in [-0.4, -0.2) is 32.3 Å². The van der Waals surface area contributed by atoms with Crippen molar-refractivity contribution < 1.29 is 19.0 Å². The maximum Gasteiger partial charge on any atom is 0.260 e. The van der Waals surface area contributed by atoms with Crippen LogP contribution in [0.1, 0.15) is 23.6 Å². The Kier molecular flexibility index (Phi) is 6.89. The van der Waals surface area contributed by atoms with Gasteiger partial charge in [0.05, 0.1) is 13.7 Å². The Bertz CT molecular complexity index is 758. The first-order chi connectivity index (χ1) is 12.4. The van der Waals surface area contributed by atoms with Crippen LogP contribution in [0.3, 0.4) is 0 Å². The van der Waals surface area contributed by atoms with Crippen molar-refractivity contribution in [3.05, 3.63) is 53.1 Å². The number of ether oxygens (including phenoxy) is 3. The lowest BCUT2D eigenvalue weighted by Gasteiger charge is -2.18. The molecule has 1 amide bonds. The Balaban J connectivity index is 1.82. The second-order valence-corrected chi connectivity index (χ2v) is 6.26. The fourth-order valence-electron chi connectivity index (χ4n) is 2.58. The molecule has 0 saturated heterocycles. The molecule has 0 aliphatic carbocycles. The van der Waals surface area contributed by atoms with E-state index in [4.69, 9.17) is 14.2 Å². The summed E-state index contributed by atoms with van der Waals surface area (Å²) in [4.78, 5) is 12.2. The Morgan fingerprint density at radius 1 is 1.08 bits per heavy atom. The predicted molar refractivity (Wildman–Crippen MR) is 102 cm³/mol. The summed E-state index contributed by atoms with van der Waals surface area (Å²) in [5.41, 5.74) is 3.31. The van der Waals surface area contributed by atoms with E-state index in [-0.39, 0.29) is 5.91 Å². The summed E-state index contributed by atoms with van der Waals surface area (Å²) >= 11 is 0. The molecule has 0 aliphatic rings. The van der Waals surface area contributed by atoms with E-state index in [1.54, 1.807) is 14.0 Å². The molecule has 140 valence electrons. The van der Waals surface area contributed by atoms with Crippen LogP contribution in [-0.2, 0) is 4.79 Å². The van der Waals surface area contributed by atoms with Crippen LogP contribution in [0.15, 0.2) is 36.4 Å². The molecule has 2 rings (SSSR count). The molecule has 0 aliphatic heterocycles. The van der Waals surface area contributed by atoms with Crippen molar-refractivity contribution in [2.45, 2.75) is 33.8 Å². The first kappa shape index (κ1) is 19.6. The highest BCUT2D eigenvalue weighted by Gasteiger charge is 2.16. The number of hydrogen-bond acceptors (Lipinski definition) is 4. The van der Waals surface area contributed by atoms with E-state index in [1.165, 1.54) is 0 Å². The van der Waals surface area contributed by atoms with Crippen LogP contribution in [0.2, 0.25) is 0 Å². The summed E-state index contributed by atoms with van der Waals surface area (Å²) < 4.78 is 16.7. The predicted octanol–water partition coefficient (Wildman–Crippen LogP) is 3.58. The Labute approximate surface area is 155 Å². The normalized spacial score (nSPS) is 11.6. The van der Waals surface area contributed by atoms with Gasteiger partial charge in [0.2, 0.25) is 0 Å². The zero-order chi connectivity index (χ0) is 19.1. The number of hydrogen-bond donors (Lipinski definition) is 1. The summed E-state index contributed by atoms with van der Waals surface area (Å²) in [6.45, 7) is 8.52. The van der Waals surface area contributed by atoms with Crippen molar-refractivity contribution in [3.8, 4) is 17.2 Å². The number of rotatable bonds is 8. The zero-order valence-electron chi connectivity index (χ0n) is 16.1. The van der Waals surface area contributed by atoms with Gasteiger partial charge in [-0.2, -0.15) is 0 Å². The average Bonchev–Trinajstić information content (AvgIpc) is 2.62. The maximum atomic E-state index is 12.2. The fourth-order valence-corrected chi connectivity index (χ4v) is 2.58. The number of para-hydroxylation sites is 2. The molecule has 0 spiro atoms. The number of carbonyl (C=O) groups is 1. The molecule has 0 heterocycles. The number of methoxy groups -OCH3 is 1. The van der Waals surface area contributed by atoms with Gasteiger partial charge in [-0.1, -0.05) is 18.2 Å². The van der Waals surface area contributed by atoms with Gasteiger partial charge in [-0.3, -0.25) is 4.79 Å². The second-order valence-electron chi connectivity index (χ2n) is 6.26. The van der Waals surface area contributed by atoms with E-state index in [0.29, 0.717) is 24.7 Å². The minimum Gasteiger partial charge on any atom is -0.493 e. The minimum absolute atomic E-state index is 0.174. The van der Waals surface area contributed by atoms with Gasteiger partial charge in [-0.15, -0.1) is 0 Å². The second kappa shape index (κ2) is 9.13. The lowest BCUT2D eigenvalue weighted by molar-refractivity contribution is -0.127. The number of amides is 1. The largest absolute Gasteiger partial charge is 0.493 e. The van der Waals surface area contributed by atoms with Crippen molar-refractivity contribution in [3.63, 3.8) is 0 Å². The number of nitrogens with one attached hydrogen (secondary N) is 1. The molecule has 0 saturated carbocycles. The van der Waals surface area contributed by atoms with E-state index >= 15 is 0 Å². The molecule has 0 fully saturated rings. The summed E-state index contributed by atoms with van der Waals surface area (Å²) in [6.07, 6.45) is -0.582.